The Bertz CT molecular complexity index is 656. The Morgan fingerprint density at radius 2 is 2.00 bits per heavy atom. The highest BCUT2D eigenvalue weighted by molar-refractivity contribution is 7.10. The second kappa shape index (κ2) is 5.79. The molecular formula is C15H15F3N2S. The zero-order valence-electron chi connectivity index (χ0n) is 11.2. The smallest absolute Gasteiger partial charge is 0.194 e. The number of hydrazine groups is 1. The maximum absolute atomic E-state index is 14.0. The molecule has 2 nitrogen and oxygen atoms in total. The molecule has 0 spiro atoms. The average molecular weight is 312 g/mol. The van der Waals surface area contributed by atoms with Crippen LogP contribution in [0, 0.1) is 17.5 Å². The molecular weight excluding hydrogens is 297 g/mol. The van der Waals surface area contributed by atoms with Crippen molar-refractivity contribution in [2.75, 3.05) is 0 Å². The van der Waals surface area contributed by atoms with Crippen LogP contribution in [0.2, 0.25) is 0 Å². The molecule has 0 fully saturated rings. The van der Waals surface area contributed by atoms with E-state index in [0.29, 0.717) is 0 Å². The average Bonchev–Trinajstić information content (AvgIpc) is 2.97. The van der Waals surface area contributed by atoms with E-state index in [1.54, 1.807) is 11.3 Å². The summed E-state index contributed by atoms with van der Waals surface area (Å²) < 4.78 is 40.6. The van der Waals surface area contributed by atoms with E-state index >= 15 is 0 Å². The van der Waals surface area contributed by atoms with Crippen molar-refractivity contribution in [1.82, 2.24) is 5.43 Å². The van der Waals surface area contributed by atoms with Crippen molar-refractivity contribution < 1.29 is 13.2 Å². The lowest BCUT2D eigenvalue weighted by molar-refractivity contribution is 0.380. The highest BCUT2D eigenvalue weighted by atomic mass is 32.1. The number of nitrogens with one attached hydrogen (secondary N) is 1. The quantitative estimate of drug-likeness (QED) is 0.514. The summed E-state index contributed by atoms with van der Waals surface area (Å²) in [6, 6.07) is 3.63. The standard InChI is InChI=1S/C15H15F3N2S/c16-11-5-4-10(13(17)14(11)18)15(20-19)9-2-1-3-12-8(9)6-7-21-12/h4-7,9,15,20H,1-3,19H2. The fourth-order valence-corrected chi connectivity index (χ4v) is 4.07. The topological polar surface area (TPSA) is 38.0 Å². The molecule has 0 amide bonds. The maximum Gasteiger partial charge on any atom is 0.194 e. The Morgan fingerprint density at radius 3 is 2.76 bits per heavy atom. The van der Waals surface area contributed by atoms with Crippen LogP contribution < -0.4 is 11.3 Å². The summed E-state index contributed by atoms with van der Waals surface area (Å²) in [6.07, 6.45) is 2.81. The van der Waals surface area contributed by atoms with Gasteiger partial charge in [0.2, 0.25) is 0 Å². The van der Waals surface area contributed by atoms with Crippen LogP contribution in [0.15, 0.2) is 23.6 Å². The number of hydrogen-bond donors (Lipinski definition) is 2. The van der Waals surface area contributed by atoms with Crippen molar-refractivity contribution in [2.45, 2.75) is 31.2 Å². The van der Waals surface area contributed by atoms with Crippen LogP contribution >= 0.6 is 11.3 Å². The molecule has 1 aromatic heterocycles. The van der Waals surface area contributed by atoms with Crippen LogP contribution in [-0.4, -0.2) is 0 Å². The van der Waals surface area contributed by atoms with E-state index in [1.165, 1.54) is 10.9 Å². The summed E-state index contributed by atoms with van der Waals surface area (Å²) in [5.41, 5.74) is 3.78. The molecule has 1 aliphatic rings. The molecule has 2 unspecified atom stereocenters. The molecule has 21 heavy (non-hydrogen) atoms. The molecule has 2 atom stereocenters. The van der Waals surface area contributed by atoms with Crippen molar-refractivity contribution in [2.24, 2.45) is 5.84 Å². The molecule has 0 saturated heterocycles. The van der Waals surface area contributed by atoms with Crippen LogP contribution in [0.4, 0.5) is 13.2 Å². The molecule has 1 aromatic carbocycles. The first-order chi connectivity index (χ1) is 10.1. The van der Waals surface area contributed by atoms with Crippen LogP contribution in [0.1, 0.15) is 40.8 Å². The predicted octanol–water partition coefficient (Wildman–Crippen LogP) is 3.79. The van der Waals surface area contributed by atoms with Gasteiger partial charge >= 0.3 is 0 Å². The summed E-state index contributed by atoms with van der Waals surface area (Å²) in [4.78, 5) is 1.26. The van der Waals surface area contributed by atoms with E-state index in [4.69, 9.17) is 5.84 Å². The van der Waals surface area contributed by atoms with E-state index in [0.717, 1.165) is 30.9 Å². The largest absolute Gasteiger partial charge is 0.271 e. The van der Waals surface area contributed by atoms with Crippen LogP contribution in [0.3, 0.4) is 0 Å². The second-order valence-electron chi connectivity index (χ2n) is 5.21. The molecule has 112 valence electrons. The zero-order chi connectivity index (χ0) is 15.0. The number of hydrogen-bond acceptors (Lipinski definition) is 3. The van der Waals surface area contributed by atoms with Crippen LogP contribution in [-0.2, 0) is 6.42 Å². The summed E-state index contributed by atoms with van der Waals surface area (Å²) >= 11 is 1.67. The van der Waals surface area contributed by atoms with Gasteiger partial charge in [-0.15, -0.1) is 11.3 Å². The summed E-state index contributed by atoms with van der Waals surface area (Å²) in [5, 5.41) is 2.00. The Morgan fingerprint density at radius 1 is 1.19 bits per heavy atom. The number of benzene rings is 1. The summed E-state index contributed by atoms with van der Waals surface area (Å²) in [6.45, 7) is 0. The van der Waals surface area contributed by atoms with Crippen molar-refractivity contribution >= 4 is 11.3 Å². The number of aryl methyl sites for hydroxylation is 1. The molecule has 1 heterocycles. The number of fused-ring (bicyclic) bond motifs is 1. The first-order valence-corrected chi connectivity index (χ1v) is 7.67. The van der Waals surface area contributed by atoms with E-state index in [1.807, 2.05) is 11.4 Å². The third-order valence-corrected chi connectivity index (χ3v) is 5.08. The van der Waals surface area contributed by atoms with Gasteiger partial charge in [0.25, 0.3) is 0 Å². The van der Waals surface area contributed by atoms with E-state index in [-0.39, 0.29) is 11.5 Å². The van der Waals surface area contributed by atoms with Gasteiger partial charge in [-0.3, -0.25) is 11.3 Å². The molecule has 2 aromatic rings. The summed E-state index contributed by atoms with van der Waals surface area (Å²) in [5.74, 6) is 1.75. The Labute approximate surface area is 124 Å². The van der Waals surface area contributed by atoms with Gasteiger partial charge in [0, 0.05) is 16.4 Å². The Balaban J connectivity index is 2.03. The number of rotatable bonds is 3. The molecule has 3 rings (SSSR count). The highest BCUT2D eigenvalue weighted by Gasteiger charge is 2.32. The van der Waals surface area contributed by atoms with Gasteiger partial charge in [0.1, 0.15) is 0 Å². The lowest BCUT2D eigenvalue weighted by Gasteiger charge is -2.30. The molecule has 0 aliphatic heterocycles. The maximum atomic E-state index is 14.0. The SMILES string of the molecule is NNC(c1ccc(F)c(F)c1F)C1CCCc2sccc21. The monoisotopic (exact) mass is 312 g/mol. The minimum absolute atomic E-state index is 0.0376. The number of thiophene rings is 1. The lowest BCUT2D eigenvalue weighted by atomic mass is 9.80. The fourth-order valence-electron chi connectivity index (χ4n) is 3.07. The molecule has 3 N–H and O–H groups in total. The van der Waals surface area contributed by atoms with Crippen molar-refractivity contribution in [1.29, 1.82) is 0 Å². The minimum Gasteiger partial charge on any atom is -0.271 e. The van der Waals surface area contributed by atoms with E-state index in [9.17, 15) is 13.2 Å². The van der Waals surface area contributed by atoms with Gasteiger partial charge in [0.15, 0.2) is 17.5 Å². The minimum atomic E-state index is -1.45. The lowest BCUT2D eigenvalue weighted by Crippen LogP contribution is -2.34. The van der Waals surface area contributed by atoms with Gasteiger partial charge in [0.05, 0.1) is 6.04 Å². The molecule has 0 saturated carbocycles. The first kappa shape index (κ1) is 14.6. The van der Waals surface area contributed by atoms with Crippen LogP contribution in [0.5, 0.6) is 0 Å². The Hall–Kier alpha value is -1.37. The number of nitrogens with two attached hydrogens (primary N) is 1. The second-order valence-corrected chi connectivity index (χ2v) is 6.21. The normalized spacial score (nSPS) is 19.3. The fraction of sp³-hybridized carbons (Fsp3) is 0.333. The van der Waals surface area contributed by atoms with E-state index < -0.39 is 23.5 Å². The van der Waals surface area contributed by atoms with Crippen molar-refractivity contribution in [3.05, 3.63) is 57.0 Å². The van der Waals surface area contributed by atoms with Crippen LogP contribution in [0.25, 0.3) is 0 Å². The van der Waals surface area contributed by atoms with Gasteiger partial charge in [-0.25, -0.2) is 13.2 Å². The van der Waals surface area contributed by atoms with Crippen molar-refractivity contribution in [3.8, 4) is 0 Å². The Kier molecular flexibility index (Phi) is 4.01. The third-order valence-electron chi connectivity index (χ3n) is 4.08. The zero-order valence-corrected chi connectivity index (χ0v) is 12.0. The molecule has 0 radical (unpaired) electrons. The van der Waals surface area contributed by atoms with Gasteiger partial charge in [-0.1, -0.05) is 6.07 Å². The summed E-state index contributed by atoms with van der Waals surface area (Å²) in [7, 11) is 0. The number of halogens is 3. The molecule has 1 aliphatic carbocycles. The van der Waals surface area contributed by atoms with Crippen molar-refractivity contribution in [3.63, 3.8) is 0 Å². The highest BCUT2D eigenvalue weighted by Crippen LogP contribution is 2.42. The third kappa shape index (κ3) is 2.47. The van der Waals surface area contributed by atoms with Gasteiger partial charge < -0.3 is 0 Å². The van der Waals surface area contributed by atoms with E-state index in [2.05, 4.69) is 5.43 Å². The molecule has 6 heteroatoms. The first-order valence-electron chi connectivity index (χ1n) is 6.79. The van der Waals surface area contributed by atoms with Gasteiger partial charge in [-0.05, 0) is 42.3 Å². The van der Waals surface area contributed by atoms with Gasteiger partial charge in [-0.2, -0.15) is 0 Å². The predicted molar refractivity (Wildman–Crippen MR) is 76.4 cm³/mol. The molecule has 0 bridgehead atoms.